The molecule has 32 heavy (non-hydrogen) atoms. The Balaban J connectivity index is 1.57. The number of nitrogens with one attached hydrogen (secondary N) is 2. The summed E-state index contributed by atoms with van der Waals surface area (Å²) in [7, 11) is 1.69. The second kappa shape index (κ2) is 10.0. The summed E-state index contributed by atoms with van der Waals surface area (Å²) >= 11 is 1.13. The van der Waals surface area contributed by atoms with E-state index < -0.39 is 22.7 Å². The summed E-state index contributed by atoms with van der Waals surface area (Å²) in [6, 6.07) is 10.6. The summed E-state index contributed by atoms with van der Waals surface area (Å²) < 4.78 is 15.4. The molecule has 2 amide bonds. The molecule has 0 saturated heterocycles. The van der Waals surface area contributed by atoms with Crippen LogP contribution in [0.15, 0.2) is 53.7 Å². The number of amides is 2. The topological polar surface area (TPSA) is 132 Å². The number of nitro benzene ring substituents is 1. The van der Waals surface area contributed by atoms with Crippen molar-refractivity contribution in [3.05, 3.63) is 75.9 Å². The molecule has 12 heteroatoms. The van der Waals surface area contributed by atoms with E-state index in [0.29, 0.717) is 16.7 Å². The molecule has 3 aromatic rings. The van der Waals surface area contributed by atoms with Crippen LogP contribution in [-0.4, -0.2) is 37.3 Å². The summed E-state index contributed by atoms with van der Waals surface area (Å²) in [5.41, 5.74) is 0.295. The van der Waals surface area contributed by atoms with Gasteiger partial charge < -0.3 is 15.2 Å². The number of hydrogen-bond acceptors (Lipinski definition) is 7. The van der Waals surface area contributed by atoms with Crippen LogP contribution in [0.25, 0.3) is 0 Å². The number of aromatic nitrogens is 3. The molecule has 3 rings (SSSR count). The van der Waals surface area contributed by atoms with E-state index >= 15 is 0 Å². The number of non-ortho nitro benzene ring substituents is 1. The molecule has 0 aliphatic rings. The normalized spacial score (nSPS) is 11.6. The first-order valence-electron chi connectivity index (χ1n) is 9.38. The van der Waals surface area contributed by atoms with Crippen molar-refractivity contribution in [2.24, 2.45) is 7.05 Å². The zero-order chi connectivity index (χ0) is 23.3. The third-order valence-electron chi connectivity index (χ3n) is 4.42. The number of halogens is 1. The molecule has 0 aliphatic carbocycles. The van der Waals surface area contributed by atoms with Gasteiger partial charge in [0, 0.05) is 24.9 Å². The number of nitrogens with zero attached hydrogens (tertiary/aromatic N) is 4. The van der Waals surface area contributed by atoms with E-state index in [2.05, 4.69) is 20.8 Å². The maximum Gasteiger partial charge on any atom is 0.269 e. The van der Waals surface area contributed by atoms with Crippen molar-refractivity contribution in [3.63, 3.8) is 0 Å². The van der Waals surface area contributed by atoms with Crippen molar-refractivity contribution < 1.29 is 18.9 Å². The van der Waals surface area contributed by atoms with Crippen LogP contribution in [0.2, 0.25) is 0 Å². The van der Waals surface area contributed by atoms with Crippen LogP contribution >= 0.6 is 11.8 Å². The lowest BCUT2D eigenvalue weighted by atomic mass is 10.2. The third kappa shape index (κ3) is 5.46. The Kier molecular flexibility index (Phi) is 7.15. The van der Waals surface area contributed by atoms with Crippen molar-refractivity contribution in [3.8, 4) is 0 Å². The molecule has 0 bridgehead atoms. The predicted octanol–water partition coefficient (Wildman–Crippen LogP) is 3.08. The Morgan fingerprint density at radius 1 is 1.19 bits per heavy atom. The Morgan fingerprint density at radius 3 is 2.53 bits per heavy atom. The van der Waals surface area contributed by atoms with E-state index in [9.17, 15) is 24.1 Å². The summed E-state index contributed by atoms with van der Waals surface area (Å²) in [6.45, 7) is 1.69. The van der Waals surface area contributed by atoms with Crippen LogP contribution in [0, 0.1) is 15.9 Å². The van der Waals surface area contributed by atoms with E-state index in [0.717, 1.165) is 11.8 Å². The molecule has 0 saturated carbocycles. The number of hydrogen-bond donors (Lipinski definition) is 2. The lowest BCUT2D eigenvalue weighted by Crippen LogP contribution is -2.29. The maximum atomic E-state index is 13.8. The average molecular weight is 458 g/mol. The first-order chi connectivity index (χ1) is 15.3. The number of rotatable bonds is 8. The highest BCUT2D eigenvalue weighted by atomic mass is 32.2. The molecular formula is C20H19FN6O4S. The second-order valence-corrected chi connectivity index (χ2v) is 7.66. The molecule has 0 spiro atoms. The van der Waals surface area contributed by atoms with Gasteiger partial charge in [0.05, 0.1) is 22.3 Å². The van der Waals surface area contributed by atoms with Crippen LogP contribution < -0.4 is 10.6 Å². The number of nitro groups is 1. The molecule has 2 aromatic carbocycles. The van der Waals surface area contributed by atoms with Crippen molar-refractivity contribution in [1.29, 1.82) is 0 Å². The lowest BCUT2D eigenvalue weighted by molar-refractivity contribution is -0.384. The Hall–Kier alpha value is -3.80. The highest BCUT2D eigenvalue weighted by Crippen LogP contribution is 2.21. The Morgan fingerprint density at radius 2 is 1.88 bits per heavy atom. The summed E-state index contributed by atoms with van der Waals surface area (Å²) in [5.74, 6) is -1.05. The number of carbonyl (C=O) groups is 2. The van der Waals surface area contributed by atoms with E-state index in [1.807, 2.05) is 0 Å². The zero-order valence-corrected chi connectivity index (χ0v) is 17.9. The first kappa shape index (κ1) is 22.9. The van der Waals surface area contributed by atoms with E-state index in [4.69, 9.17) is 0 Å². The molecule has 0 aliphatic heterocycles. The van der Waals surface area contributed by atoms with Crippen LogP contribution in [0.1, 0.15) is 29.1 Å². The van der Waals surface area contributed by atoms with Gasteiger partial charge in [-0.15, -0.1) is 10.2 Å². The van der Waals surface area contributed by atoms with Crippen LogP contribution in [0.5, 0.6) is 0 Å². The fraction of sp³-hybridized carbons (Fsp3) is 0.200. The molecule has 0 fully saturated rings. The van der Waals surface area contributed by atoms with Crippen LogP contribution in [0.4, 0.5) is 15.8 Å². The maximum absolute atomic E-state index is 13.8. The number of anilines is 1. The molecule has 1 aromatic heterocycles. The third-order valence-corrected chi connectivity index (χ3v) is 5.44. The molecule has 0 radical (unpaired) electrons. The van der Waals surface area contributed by atoms with Gasteiger partial charge >= 0.3 is 0 Å². The SMILES string of the molecule is CC(NC(=O)c1ccccc1F)c1nnc(SCC(=O)Nc2ccc([N+](=O)[O-])cc2)n1C. The van der Waals surface area contributed by atoms with E-state index in [-0.39, 0.29) is 22.9 Å². The van der Waals surface area contributed by atoms with Gasteiger partial charge in [0.2, 0.25) is 5.91 Å². The second-order valence-electron chi connectivity index (χ2n) is 6.72. The minimum atomic E-state index is -0.620. The van der Waals surface area contributed by atoms with Gasteiger partial charge in [0.1, 0.15) is 5.82 Å². The fourth-order valence-corrected chi connectivity index (χ4v) is 3.52. The van der Waals surface area contributed by atoms with Crippen molar-refractivity contribution in [2.75, 3.05) is 11.1 Å². The van der Waals surface area contributed by atoms with Crippen LogP contribution in [-0.2, 0) is 11.8 Å². The molecular weight excluding hydrogens is 439 g/mol. The van der Waals surface area contributed by atoms with Crippen molar-refractivity contribution in [1.82, 2.24) is 20.1 Å². The van der Waals surface area contributed by atoms with E-state index in [1.54, 1.807) is 24.6 Å². The van der Waals surface area contributed by atoms with Gasteiger partial charge in [0.15, 0.2) is 11.0 Å². The van der Waals surface area contributed by atoms with Crippen molar-refractivity contribution >= 4 is 35.0 Å². The van der Waals surface area contributed by atoms with E-state index in [1.165, 1.54) is 42.5 Å². The molecule has 1 atom stereocenters. The Labute approximate surface area is 186 Å². The van der Waals surface area contributed by atoms with Gasteiger partial charge in [0.25, 0.3) is 11.6 Å². The Bertz CT molecular complexity index is 1150. The van der Waals surface area contributed by atoms with Gasteiger partial charge in [-0.25, -0.2) is 4.39 Å². The van der Waals surface area contributed by atoms with Gasteiger partial charge in [-0.05, 0) is 31.2 Å². The van der Waals surface area contributed by atoms with Gasteiger partial charge in [-0.2, -0.15) is 0 Å². The van der Waals surface area contributed by atoms with Gasteiger partial charge in [-0.3, -0.25) is 19.7 Å². The number of thioether (sulfide) groups is 1. The summed E-state index contributed by atoms with van der Waals surface area (Å²) in [4.78, 5) is 34.6. The molecule has 1 heterocycles. The average Bonchev–Trinajstić information content (AvgIpc) is 3.13. The molecule has 1 unspecified atom stereocenters. The summed E-state index contributed by atoms with van der Waals surface area (Å²) in [5, 5.41) is 24.6. The monoisotopic (exact) mass is 458 g/mol. The largest absolute Gasteiger partial charge is 0.342 e. The fourth-order valence-electron chi connectivity index (χ4n) is 2.81. The quantitative estimate of drug-likeness (QED) is 0.301. The smallest absolute Gasteiger partial charge is 0.269 e. The van der Waals surface area contributed by atoms with Gasteiger partial charge in [-0.1, -0.05) is 23.9 Å². The molecule has 2 N–H and O–H groups in total. The number of carbonyl (C=O) groups excluding carboxylic acids is 2. The standard InChI is InChI=1S/C20H19FN6O4S/c1-12(22-19(29)15-5-3-4-6-16(15)21)18-24-25-20(26(18)2)32-11-17(28)23-13-7-9-14(10-8-13)27(30)31/h3-10,12H,11H2,1-2H3,(H,22,29)(H,23,28). The highest BCUT2D eigenvalue weighted by Gasteiger charge is 2.20. The first-order valence-corrected chi connectivity index (χ1v) is 10.4. The predicted molar refractivity (Wildman–Crippen MR) is 116 cm³/mol. The minimum absolute atomic E-state index is 0.0267. The highest BCUT2D eigenvalue weighted by molar-refractivity contribution is 7.99. The van der Waals surface area contributed by atoms with Crippen LogP contribution in [0.3, 0.4) is 0 Å². The molecule has 166 valence electrons. The van der Waals surface area contributed by atoms with Crippen molar-refractivity contribution in [2.45, 2.75) is 18.1 Å². The zero-order valence-electron chi connectivity index (χ0n) is 17.1. The summed E-state index contributed by atoms with van der Waals surface area (Å²) in [6.07, 6.45) is 0. The molecule has 10 nitrogen and oxygen atoms in total. The number of benzene rings is 2. The lowest BCUT2D eigenvalue weighted by Gasteiger charge is -2.14. The minimum Gasteiger partial charge on any atom is -0.342 e.